The largest absolute Gasteiger partial charge is 0.314 e. The van der Waals surface area contributed by atoms with E-state index in [4.69, 9.17) is 49.8 Å². The van der Waals surface area contributed by atoms with Crippen LogP contribution >= 0.6 is 36.7 Å². The molecule has 15 unspecified atom stereocenters. The first-order chi connectivity index (χ1) is 17.5. The van der Waals surface area contributed by atoms with Crippen molar-refractivity contribution in [3.63, 3.8) is 0 Å². The molecule has 0 saturated heterocycles. The number of thiocarbonyl (C=S) groups is 3. The van der Waals surface area contributed by atoms with Gasteiger partial charge in [-0.3, -0.25) is 0 Å². The molecule has 0 radical (unpaired) electrons. The molecule has 15 atom stereocenters. The van der Waals surface area contributed by atoms with Crippen LogP contribution in [0.1, 0.15) is 57.8 Å². The van der Waals surface area contributed by atoms with Crippen LogP contribution in [0.5, 0.6) is 0 Å². The van der Waals surface area contributed by atoms with Gasteiger partial charge < -0.3 is 9.69 Å². The minimum atomic E-state index is 0.128. The van der Waals surface area contributed by atoms with Gasteiger partial charge in [0.1, 0.15) is 0 Å². The molecule has 7 aliphatic rings. The van der Waals surface area contributed by atoms with E-state index in [1.165, 1.54) is 14.6 Å². The molecule has 7 fully saturated rings. The van der Waals surface area contributed by atoms with E-state index in [-0.39, 0.29) is 18.0 Å². The number of nitrogens with zero attached hydrogens (tertiary/aromatic N) is 3. The lowest BCUT2D eigenvalue weighted by Crippen LogP contribution is -2.49. The fourth-order valence-electron chi connectivity index (χ4n) is 11.2. The molecule has 0 aromatic heterocycles. The number of hydrogen-bond donors (Lipinski definition) is 0. The van der Waals surface area contributed by atoms with Gasteiger partial charge in [0.2, 0.25) is 12.1 Å². The second kappa shape index (κ2) is 8.63. The minimum absolute atomic E-state index is 0.128. The van der Waals surface area contributed by atoms with Crippen molar-refractivity contribution >= 4 is 51.2 Å². The summed E-state index contributed by atoms with van der Waals surface area (Å²) < 4.78 is 0. The fraction of sp³-hybridized carbons (Fsp3) is 0.800. The van der Waals surface area contributed by atoms with E-state index in [9.17, 15) is 5.26 Å². The summed E-state index contributed by atoms with van der Waals surface area (Å²) in [6.07, 6.45) is 9.09. The highest BCUT2D eigenvalue weighted by atomic mass is 32.1. The molecule has 0 aromatic rings. The van der Waals surface area contributed by atoms with Crippen molar-refractivity contribution in [2.75, 3.05) is 0 Å². The summed E-state index contributed by atoms with van der Waals surface area (Å²) in [5, 5.41) is 9.85. The van der Waals surface area contributed by atoms with Gasteiger partial charge in [0.05, 0.1) is 6.07 Å². The van der Waals surface area contributed by atoms with Crippen LogP contribution in [0.15, 0.2) is 0 Å². The summed E-state index contributed by atoms with van der Waals surface area (Å²) in [4.78, 5) is 11.9. The average Bonchev–Trinajstić information content (AvgIpc) is 3.48. The van der Waals surface area contributed by atoms with Gasteiger partial charge in [0.15, 0.2) is 0 Å². The third kappa shape index (κ3) is 3.06. The minimum Gasteiger partial charge on any atom is -0.314 e. The zero-order valence-electron chi connectivity index (χ0n) is 20.6. The average molecular weight is 532 g/mol. The molecule has 0 aromatic carbocycles. The Morgan fingerprint density at radius 1 is 0.611 bits per heavy atom. The van der Waals surface area contributed by atoms with Crippen LogP contribution in [0.3, 0.4) is 0 Å². The summed E-state index contributed by atoms with van der Waals surface area (Å²) in [6, 6.07) is 2.86. The highest BCUT2D eigenvalue weighted by Gasteiger charge is 2.71. The summed E-state index contributed by atoms with van der Waals surface area (Å²) in [7, 11) is 0. The zero-order chi connectivity index (χ0) is 24.9. The van der Waals surface area contributed by atoms with Crippen molar-refractivity contribution in [3.8, 4) is 6.07 Å². The number of fused-ring (bicyclic) bond motifs is 12. The molecule has 7 aliphatic carbocycles. The quantitative estimate of drug-likeness (QED) is 0.254. The fourth-order valence-corrected chi connectivity index (χ4v) is 13.0. The van der Waals surface area contributed by atoms with Crippen molar-refractivity contribution in [3.05, 3.63) is 22.8 Å². The summed E-state index contributed by atoms with van der Waals surface area (Å²) in [6.45, 7) is 15.6. The summed E-state index contributed by atoms with van der Waals surface area (Å²) in [5.74, 6) is 5.50. The Hall–Kier alpha value is -1.26. The lowest BCUT2D eigenvalue weighted by molar-refractivity contribution is 0.00224. The van der Waals surface area contributed by atoms with E-state index in [2.05, 4.69) is 15.8 Å². The number of hydrogen-bond acceptors (Lipinski definition) is 4. The van der Waals surface area contributed by atoms with E-state index >= 15 is 0 Å². The molecule has 3 nitrogen and oxygen atoms in total. The van der Waals surface area contributed by atoms with E-state index in [1.54, 1.807) is 0 Å². The predicted octanol–water partition coefficient (Wildman–Crippen LogP) is 6.81. The van der Waals surface area contributed by atoms with Crippen LogP contribution in [0.4, 0.5) is 0 Å². The van der Waals surface area contributed by atoms with E-state index < -0.39 is 0 Å². The van der Waals surface area contributed by atoms with Crippen LogP contribution in [0, 0.1) is 101 Å². The molecule has 0 amide bonds. The topological polar surface area (TPSA) is 32.5 Å². The van der Waals surface area contributed by atoms with Crippen molar-refractivity contribution < 1.29 is 0 Å². The van der Waals surface area contributed by atoms with Gasteiger partial charge in [-0.15, -0.1) is 0 Å². The maximum Gasteiger partial charge on any atom is 0.224 e. The van der Waals surface area contributed by atoms with Crippen molar-refractivity contribution in [2.24, 2.45) is 76.9 Å². The van der Waals surface area contributed by atoms with Gasteiger partial charge in [0, 0.05) is 31.6 Å². The van der Waals surface area contributed by atoms with Crippen molar-refractivity contribution in [2.45, 2.75) is 69.9 Å². The molecule has 7 rings (SSSR count). The molecule has 0 spiro atoms. The molecule has 186 valence electrons. The third-order valence-electron chi connectivity index (χ3n) is 12.2. The number of nitriles is 1. The van der Waals surface area contributed by atoms with Gasteiger partial charge >= 0.3 is 0 Å². The van der Waals surface area contributed by atoms with Crippen molar-refractivity contribution in [1.29, 1.82) is 5.26 Å². The third-order valence-corrected chi connectivity index (χ3v) is 14.0. The van der Waals surface area contributed by atoms with Crippen LogP contribution in [0.2, 0.25) is 0 Å². The van der Waals surface area contributed by atoms with Crippen LogP contribution in [0.25, 0.3) is 9.69 Å². The van der Waals surface area contributed by atoms with Gasteiger partial charge in [-0.05, 0) is 118 Å². The van der Waals surface area contributed by atoms with E-state index in [1.807, 2.05) is 0 Å². The Labute approximate surface area is 231 Å². The molecule has 0 bridgehead atoms. The SMILES string of the molecule is [C-]#[N+]C1CCC2C(=S)C3C4C5CC(C#N)CCC5C(=S)C4C4C5CC([N+]#[C-])CCC5C(=S)C4C3C2C1. The van der Waals surface area contributed by atoms with Crippen LogP contribution in [-0.2, 0) is 0 Å². The van der Waals surface area contributed by atoms with Gasteiger partial charge in [-0.1, -0.05) is 36.7 Å². The first-order valence-electron chi connectivity index (χ1n) is 14.2. The summed E-state index contributed by atoms with van der Waals surface area (Å²) >= 11 is 19.2. The molecule has 36 heavy (non-hydrogen) atoms. The van der Waals surface area contributed by atoms with Gasteiger partial charge in [-0.2, -0.15) is 5.26 Å². The van der Waals surface area contributed by atoms with Gasteiger partial charge in [-0.25, -0.2) is 13.1 Å². The maximum atomic E-state index is 9.85. The Morgan fingerprint density at radius 2 is 1.00 bits per heavy atom. The van der Waals surface area contributed by atoms with E-state index in [0.29, 0.717) is 71.0 Å². The highest BCUT2D eigenvalue weighted by Crippen LogP contribution is 2.71. The lowest BCUT2D eigenvalue weighted by Gasteiger charge is -2.49. The van der Waals surface area contributed by atoms with Crippen LogP contribution < -0.4 is 0 Å². The van der Waals surface area contributed by atoms with Crippen molar-refractivity contribution in [1.82, 2.24) is 0 Å². The molecule has 0 N–H and O–H groups in total. The normalized spacial score (nSPS) is 54.6. The van der Waals surface area contributed by atoms with E-state index in [0.717, 1.165) is 57.8 Å². The smallest absolute Gasteiger partial charge is 0.224 e. The second-order valence-electron chi connectivity index (χ2n) is 13.2. The standard InChI is InChI=1S/C30H33N3S3/c1-32-14-4-7-17-20(10-14)24-26(29(17)35)22-19-9-13(12-31)3-6-16(19)28(34)25(22)23-21-11-15(33-2)5-8-18(21)30(36)27(23)24/h13-27H,3-11H2. The first-order valence-corrected chi connectivity index (χ1v) is 15.4. The number of rotatable bonds is 0. The molecule has 0 aliphatic heterocycles. The summed E-state index contributed by atoms with van der Waals surface area (Å²) in [5.41, 5.74) is 0. The zero-order valence-corrected chi connectivity index (χ0v) is 23.0. The molecule has 7 saturated carbocycles. The van der Waals surface area contributed by atoms with Crippen LogP contribution in [-0.4, -0.2) is 26.7 Å². The monoisotopic (exact) mass is 531 g/mol. The molecular weight excluding hydrogens is 499 g/mol. The maximum absolute atomic E-state index is 9.85. The Kier molecular flexibility index (Phi) is 5.71. The highest BCUT2D eigenvalue weighted by molar-refractivity contribution is 7.81. The predicted molar refractivity (Wildman–Crippen MR) is 151 cm³/mol. The Morgan fingerprint density at radius 3 is 1.39 bits per heavy atom. The molecule has 0 heterocycles. The second-order valence-corrected chi connectivity index (χ2v) is 14.6. The Balaban J connectivity index is 1.37. The van der Waals surface area contributed by atoms with Gasteiger partial charge in [0.25, 0.3) is 0 Å². The first kappa shape index (κ1) is 23.8. The Bertz CT molecular complexity index is 1000. The lowest BCUT2D eigenvalue weighted by atomic mass is 9.54. The molecule has 6 heteroatoms. The molecular formula is C30H33N3S3.